The van der Waals surface area contributed by atoms with Crippen LogP contribution in [-0.4, -0.2) is 39.3 Å². The molecule has 2 aromatic heterocycles. The second kappa shape index (κ2) is 12.3. The fraction of sp³-hybridized carbons (Fsp3) is 0.344. The molecule has 5 rings (SSSR count). The Morgan fingerprint density at radius 3 is 2.48 bits per heavy atom. The van der Waals surface area contributed by atoms with Gasteiger partial charge in [-0.05, 0) is 93.5 Å². The molecule has 0 unspecified atom stereocenters. The Kier molecular flexibility index (Phi) is 8.54. The summed E-state index contributed by atoms with van der Waals surface area (Å²) in [5, 5.41) is 3.60. The number of methoxy groups -OCH3 is 2. The molecule has 0 atom stereocenters. The molecule has 0 saturated heterocycles. The van der Waals surface area contributed by atoms with E-state index in [1.54, 1.807) is 31.2 Å². The van der Waals surface area contributed by atoms with Gasteiger partial charge in [-0.1, -0.05) is 0 Å². The second-order valence-corrected chi connectivity index (χ2v) is 11.2. The Labute approximate surface area is 247 Å². The number of amides is 1. The molecule has 1 aliphatic carbocycles. The molecule has 0 aliphatic heterocycles. The first-order valence-corrected chi connectivity index (χ1v) is 14.6. The van der Waals surface area contributed by atoms with Gasteiger partial charge in [-0.3, -0.25) is 9.59 Å². The minimum absolute atomic E-state index is 0.107. The smallest absolute Gasteiger partial charge is 0.341 e. The maximum absolute atomic E-state index is 13.8. The number of carbonyl (C=O) groups excluding carboxylic acids is 2. The summed E-state index contributed by atoms with van der Waals surface area (Å²) in [6.07, 6.45) is 3.62. The molecule has 4 aromatic rings. The van der Waals surface area contributed by atoms with E-state index in [2.05, 4.69) is 5.32 Å². The van der Waals surface area contributed by atoms with Crippen molar-refractivity contribution in [1.29, 1.82) is 0 Å². The van der Waals surface area contributed by atoms with Gasteiger partial charge in [0.15, 0.2) is 23.9 Å². The van der Waals surface area contributed by atoms with Gasteiger partial charge in [-0.25, -0.2) is 4.79 Å². The molecule has 1 aliphatic rings. The van der Waals surface area contributed by atoms with Crippen molar-refractivity contribution < 1.29 is 33.0 Å². The fourth-order valence-electron chi connectivity index (χ4n) is 5.11. The zero-order valence-corrected chi connectivity index (χ0v) is 25.1. The average Bonchev–Trinajstić information content (AvgIpc) is 3.35. The lowest BCUT2D eigenvalue weighted by atomic mass is 9.95. The molecule has 42 heavy (non-hydrogen) atoms. The molecule has 2 heterocycles. The van der Waals surface area contributed by atoms with Crippen molar-refractivity contribution >= 4 is 39.2 Å². The lowest BCUT2D eigenvalue weighted by molar-refractivity contribution is -0.118. The molecule has 220 valence electrons. The fourth-order valence-corrected chi connectivity index (χ4v) is 6.40. The highest BCUT2D eigenvalue weighted by Crippen LogP contribution is 2.39. The molecular formula is C32H33NO8S. The molecule has 0 saturated carbocycles. The van der Waals surface area contributed by atoms with Crippen LogP contribution in [0, 0.1) is 13.8 Å². The monoisotopic (exact) mass is 591 g/mol. The highest BCUT2D eigenvalue weighted by atomic mass is 32.1. The molecule has 0 bridgehead atoms. The Morgan fingerprint density at radius 2 is 1.74 bits per heavy atom. The molecule has 0 fully saturated rings. The number of ether oxygens (including phenoxy) is 4. The molecule has 2 aromatic carbocycles. The molecule has 9 nitrogen and oxygen atoms in total. The molecule has 1 N–H and O–H groups in total. The SMILES string of the molecule is CCOC(=O)c1c(NC(=O)COc2c(-c3ccc(OC)c(OC)c3)oc3cc(C)c(C)cc3c2=O)sc2c1CCCC2. The summed E-state index contributed by atoms with van der Waals surface area (Å²) in [6.45, 7) is 5.34. The summed E-state index contributed by atoms with van der Waals surface area (Å²) in [7, 11) is 3.04. The van der Waals surface area contributed by atoms with Gasteiger partial charge in [0.05, 0.1) is 31.8 Å². The van der Waals surface area contributed by atoms with Gasteiger partial charge in [0.25, 0.3) is 5.91 Å². The van der Waals surface area contributed by atoms with Gasteiger partial charge in [0.1, 0.15) is 10.6 Å². The average molecular weight is 592 g/mol. The number of benzene rings is 2. The molecule has 0 radical (unpaired) electrons. The highest BCUT2D eigenvalue weighted by molar-refractivity contribution is 7.17. The summed E-state index contributed by atoms with van der Waals surface area (Å²) in [5.74, 6) is 0.0256. The van der Waals surface area contributed by atoms with Crippen molar-refractivity contribution in [2.45, 2.75) is 46.5 Å². The number of hydrogen-bond acceptors (Lipinski definition) is 9. The number of anilines is 1. The first-order valence-electron chi connectivity index (χ1n) is 13.8. The van der Waals surface area contributed by atoms with Crippen LogP contribution in [0.5, 0.6) is 17.2 Å². The van der Waals surface area contributed by atoms with Gasteiger partial charge in [0.2, 0.25) is 11.2 Å². The first-order chi connectivity index (χ1) is 20.2. The molecule has 1 amide bonds. The van der Waals surface area contributed by atoms with E-state index in [1.807, 2.05) is 19.9 Å². The van der Waals surface area contributed by atoms with Crippen molar-refractivity contribution in [1.82, 2.24) is 0 Å². The maximum Gasteiger partial charge on any atom is 0.341 e. The topological polar surface area (TPSA) is 113 Å². The minimum atomic E-state index is -0.517. The summed E-state index contributed by atoms with van der Waals surface area (Å²) in [5.41, 5.74) is 3.74. The van der Waals surface area contributed by atoms with Gasteiger partial charge >= 0.3 is 5.97 Å². The molecular weight excluding hydrogens is 558 g/mol. The largest absolute Gasteiger partial charge is 0.493 e. The third-order valence-corrected chi connectivity index (χ3v) is 8.57. The quantitative estimate of drug-likeness (QED) is 0.228. The number of thiophene rings is 1. The Hall–Kier alpha value is -4.31. The summed E-state index contributed by atoms with van der Waals surface area (Å²) in [4.78, 5) is 40.8. The van der Waals surface area contributed by atoms with Gasteiger partial charge in [-0.2, -0.15) is 0 Å². The number of hydrogen-bond donors (Lipinski definition) is 1. The van der Waals surface area contributed by atoms with Gasteiger partial charge in [-0.15, -0.1) is 11.3 Å². The number of esters is 1. The number of aryl methyl sites for hydroxylation is 3. The lowest BCUT2D eigenvalue weighted by Gasteiger charge is -2.14. The van der Waals surface area contributed by atoms with Crippen molar-refractivity contribution in [2.75, 3.05) is 32.8 Å². The third kappa shape index (κ3) is 5.59. The van der Waals surface area contributed by atoms with Crippen LogP contribution in [0.1, 0.15) is 51.7 Å². The van der Waals surface area contributed by atoms with E-state index >= 15 is 0 Å². The van der Waals surface area contributed by atoms with Crippen molar-refractivity contribution in [3.05, 3.63) is 67.7 Å². The van der Waals surface area contributed by atoms with Crippen LogP contribution in [0.4, 0.5) is 5.00 Å². The van der Waals surface area contributed by atoms with E-state index in [0.29, 0.717) is 38.6 Å². The van der Waals surface area contributed by atoms with Crippen LogP contribution in [0.3, 0.4) is 0 Å². The van der Waals surface area contributed by atoms with Crippen LogP contribution in [-0.2, 0) is 22.4 Å². The highest BCUT2D eigenvalue weighted by Gasteiger charge is 2.28. The maximum atomic E-state index is 13.8. The Bertz CT molecular complexity index is 1740. The van der Waals surface area contributed by atoms with Gasteiger partial charge in [0, 0.05) is 10.4 Å². The van der Waals surface area contributed by atoms with E-state index < -0.39 is 23.9 Å². The Morgan fingerprint density at radius 1 is 1.00 bits per heavy atom. The van der Waals surface area contributed by atoms with E-state index in [4.69, 9.17) is 23.4 Å². The minimum Gasteiger partial charge on any atom is -0.493 e. The van der Waals surface area contributed by atoms with E-state index in [9.17, 15) is 14.4 Å². The van der Waals surface area contributed by atoms with E-state index in [-0.39, 0.29) is 18.1 Å². The van der Waals surface area contributed by atoms with Gasteiger partial charge < -0.3 is 28.7 Å². The number of rotatable bonds is 9. The summed E-state index contributed by atoms with van der Waals surface area (Å²) >= 11 is 1.39. The predicted molar refractivity (Wildman–Crippen MR) is 162 cm³/mol. The molecule has 10 heteroatoms. The second-order valence-electron chi connectivity index (χ2n) is 10.1. The third-order valence-electron chi connectivity index (χ3n) is 7.36. The lowest BCUT2D eigenvalue weighted by Crippen LogP contribution is -2.23. The molecule has 0 spiro atoms. The van der Waals surface area contributed by atoms with Crippen molar-refractivity contribution in [3.63, 3.8) is 0 Å². The van der Waals surface area contributed by atoms with Crippen molar-refractivity contribution in [2.24, 2.45) is 0 Å². The van der Waals surface area contributed by atoms with E-state index in [1.165, 1.54) is 25.6 Å². The number of fused-ring (bicyclic) bond motifs is 2. The van der Waals surface area contributed by atoms with Crippen LogP contribution in [0.25, 0.3) is 22.3 Å². The summed E-state index contributed by atoms with van der Waals surface area (Å²) in [6, 6.07) is 8.66. The predicted octanol–water partition coefficient (Wildman–Crippen LogP) is 6.23. The standard InChI is InChI=1S/C32H33NO8S/c1-6-39-32(36)27-20-9-7-8-10-25(20)42-31(27)33-26(34)16-40-30-28(35)21-13-17(2)18(3)14-23(21)41-29(30)19-11-12-22(37-4)24(15-19)38-5/h11-15H,6-10,16H2,1-5H3,(H,33,34). The number of nitrogens with one attached hydrogen (secondary N) is 1. The number of carbonyl (C=O) groups is 2. The summed E-state index contributed by atoms with van der Waals surface area (Å²) < 4.78 is 28.2. The zero-order chi connectivity index (χ0) is 30.0. The zero-order valence-electron chi connectivity index (χ0n) is 24.3. The Balaban J connectivity index is 1.50. The van der Waals surface area contributed by atoms with Crippen LogP contribution in [0.15, 0.2) is 39.5 Å². The van der Waals surface area contributed by atoms with Crippen LogP contribution in [0.2, 0.25) is 0 Å². The van der Waals surface area contributed by atoms with Crippen LogP contribution >= 0.6 is 11.3 Å². The normalized spacial score (nSPS) is 12.5. The van der Waals surface area contributed by atoms with E-state index in [0.717, 1.165) is 47.3 Å². The van der Waals surface area contributed by atoms with Crippen molar-refractivity contribution in [3.8, 4) is 28.6 Å². The first kappa shape index (κ1) is 29.2. The van der Waals surface area contributed by atoms with Crippen LogP contribution < -0.4 is 25.0 Å².